The Morgan fingerprint density at radius 1 is 0.533 bits per heavy atom. The maximum Gasteiger partial charge on any atom is 0.328 e. The maximum absolute atomic E-state index is 9.55. The lowest BCUT2D eigenvalue weighted by Gasteiger charge is -2.33. The van der Waals surface area contributed by atoms with Crippen LogP contribution in [0.2, 0.25) is 0 Å². The Kier molecular flexibility index (Phi) is 23.1. The van der Waals surface area contributed by atoms with Crippen molar-refractivity contribution < 1.29 is 28.8 Å². The zero-order chi connectivity index (χ0) is 24.1. The molecule has 0 radical (unpaired) electrons. The van der Waals surface area contributed by atoms with Crippen molar-refractivity contribution >= 4 is 11.9 Å². The van der Waals surface area contributed by atoms with Gasteiger partial charge in [0.1, 0.15) is 0 Å². The van der Waals surface area contributed by atoms with E-state index in [0.29, 0.717) is 12.2 Å². The lowest BCUT2D eigenvalue weighted by Crippen LogP contribution is -2.45. The first-order valence-electron chi connectivity index (χ1n) is 11.8. The normalized spacial score (nSPS) is 11.3. The molecule has 6 heteroatoms. The number of carboxylic acid groups (broad SMARTS) is 2. The Bertz CT molecular complexity index is 376. The van der Waals surface area contributed by atoms with Crippen molar-refractivity contribution in [3.05, 3.63) is 12.2 Å². The quantitative estimate of drug-likeness (QED) is 0.298. The van der Waals surface area contributed by atoms with Gasteiger partial charge in [-0.3, -0.25) is 0 Å². The van der Waals surface area contributed by atoms with Crippen LogP contribution in [0.1, 0.15) is 80.1 Å². The molecule has 0 rings (SSSR count). The molecule has 0 fully saturated rings. The predicted octanol–water partition coefficient (Wildman–Crippen LogP) is 5.04. The van der Waals surface area contributed by atoms with Crippen LogP contribution in [0, 0.1) is 0 Å². The fourth-order valence-electron chi connectivity index (χ4n) is 4.05. The Balaban J connectivity index is -0.000000370. The molecule has 0 aromatic carbocycles. The average molecular weight is 433 g/mol. The Hall–Kier alpha value is -1.40. The van der Waals surface area contributed by atoms with Crippen LogP contribution in [-0.4, -0.2) is 84.5 Å². The van der Waals surface area contributed by atoms with Gasteiger partial charge >= 0.3 is 11.9 Å². The van der Waals surface area contributed by atoms with E-state index in [2.05, 4.69) is 55.6 Å². The average Bonchev–Trinajstić information content (AvgIpc) is 2.62. The molecule has 2 N–H and O–H groups in total. The van der Waals surface area contributed by atoms with Gasteiger partial charge in [-0.25, -0.2) is 9.59 Å². The minimum atomic E-state index is -1.26. The van der Waals surface area contributed by atoms with Gasteiger partial charge in [0.15, 0.2) is 0 Å². The Morgan fingerprint density at radius 3 is 0.800 bits per heavy atom. The van der Waals surface area contributed by atoms with E-state index in [1.807, 2.05) is 0 Å². The summed E-state index contributed by atoms with van der Waals surface area (Å²) in [4.78, 5) is 19.1. The number of hydrogen-bond acceptors (Lipinski definition) is 2. The summed E-state index contributed by atoms with van der Waals surface area (Å²) < 4.78 is 2.56. The minimum absolute atomic E-state index is 0.558. The van der Waals surface area contributed by atoms with Crippen molar-refractivity contribution in [3.8, 4) is 0 Å². The summed E-state index contributed by atoms with van der Waals surface area (Å²) in [6.45, 7) is 21.8. The van der Waals surface area contributed by atoms with Crippen molar-refractivity contribution in [2.24, 2.45) is 0 Å². The van der Waals surface area contributed by atoms with Crippen LogP contribution >= 0.6 is 0 Å². The fourth-order valence-corrected chi connectivity index (χ4v) is 4.05. The van der Waals surface area contributed by atoms with Crippen LogP contribution in [0.25, 0.3) is 0 Å². The third-order valence-corrected chi connectivity index (χ3v) is 4.95. The molecule has 0 spiro atoms. The van der Waals surface area contributed by atoms with Gasteiger partial charge in [0, 0.05) is 12.2 Å². The molecule has 0 aromatic heterocycles. The third kappa shape index (κ3) is 22.9. The van der Waals surface area contributed by atoms with Crippen molar-refractivity contribution in [1.29, 1.82) is 0 Å². The molecule has 0 heterocycles. The summed E-state index contributed by atoms with van der Waals surface area (Å²) in [6.07, 6.45) is 9.01. The number of nitrogens with zero attached hydrogens (tertiary/aromatic N) is 2. The molecular weight excluding hydrogens is 380 g/mol. The van der Waals surface area contributed by atoms with Crippen molar-refractivity contribution in [1.82, 2.24) is 0 Å². The van der Waals surface area contributed by atoms with Gasteiger partial charge in [0.05, 0.1) is 53.4 Å². The van der Waals surface area contributed by atoms with E-state index >= 15 is 0 Å². The third-order valence-electron chi connectivity index (χ3n) is 4.95. The van der Waals surface area contributed by atoms with Gasteiger partial charge in [0.2, 0.25) is 0 Å². The van der Waals surface area contributed by atoms with E-state index in [1.54, 1.807) is 0 Å². The highest BCUT2D eigenvalue weighted by atomic mass is 16.4. The molecule has 0 aliphatic rings. The molecule has 0 aliphatic heterocycles. The van der Waals surface area contributed by atoms with Crippen LogP contribution in [0.15, 0.2) is 12.2 Å². The predicted molar refractivity (Wildman–Crippen MR) is 128 cm³/mol. The molecule has 0 aliphatic carbocycles. The number of aliphatic carboxylic acids is 2. The zero-order valence-electron chi connectivity index (χ0n) is 21.2. The summed E-state index contributed by atoms with van der Waals surface area (Å²) in [5, 5.41) is 15.6. The molecule has 6 nitrogen and oxygen atoms in total. The van der Waals surface area contributed by atoms with Crippen LogP contribution in [0.5, 0.6) is 0 Å². The molecule has 0 unspecified atom stereocenters. The summed E-state index contributed by atoms with van der Waals surface area (Å²) >= 11 is 0. The number of hydrogen-bond donors (Lipinski definition) is 2. The van der Waals surface area contributed by atoms with E-state index in [-0.39, 0.29) is 0 Å². The number of rotatable bonds is 14. The number of carbonyl (C=O) groups is 2. The molecule has 0 aromatic rings. The SMILES string of the molecule is CCC[N+](C)(CCC)CCC.CCC[N+](C)(CCC)CCC.O=C(O)/C=C\C(=O)O. The van der Waals surface area contributed by atoms with Gasteiger partial charge < -0.3 is 19.2 Å². The summed E-state index contributed by atoms with van der Waals surface area (Å²) in [5.74, 6) is -2.51. The van der Waals surface area contributed by atoms with E-state index < -0.39 is 11.9 Å². The van der Waals surface area contributed by atoms with Crippen LogP contribution in [0.4, 0.5) is 0 Å². The molecule has 0 saturated carbocycles. The van der Waals surface area contributed by atoms with Gasteiger partial charge in [-0.2, -0.15) is 0 Å². The standard InChI is InChI=1S/2C10H24N.C4H4O4/c2*1-5-8-11(4,9-6-2)10-7-3;5-3(6)1-2-4(7)8/h2*5-10H2,1-4H3;1-2H,(H,5,6)(H,7,8)/q2*+1;/b;;2-1-. The highest BCUT2D eigenvalue weighted by Crippen LogP contribution is 2.07. The molecule has 0 saturated heterocycles. The second-order valence-electron chi connectivity index (χ2n) is 8.59. The molecule has 0 bridgehead atoms. The topological polar surface area (TPSA) is 74.6 Å². The van der Waals surface area contributed by atoms with E-state index in [0.717, 1.165) is 0 Å². The minimum Gasteiger partial charge on any atom is -0.478 e. The maximum atomic E-state index is 9.55. The summed E-state index contributed by atoms with van der Waals surface area (Å²) in [7, 11) is 4.77. The van der Waals surface area contributed by atoms with Gasteiger partial charge in [-0.1, -0.05) is 41.5 Å². The second kappa shape index (κ2) is 20.9. The van der Waals surface area contributed by atoms with Crippen LogP contribution in [0.3, 0.4) is 0 Å². The summed E-state index contributed by atoms with van der Waals surface area (Å²) in [5.41, 5.74) is 0. The van der Waals surface area contributed by atoms with Crippen molar-refractivity contribution in [2.45, 2.75) is 80.1 Å². The lowest BCUT2D eigenvalue weighted by atomic mass is 10.2. The highest BCUT2D eigenvalue weighted by molar-refractivity contribution is 5.89. The smallest absolute Gasteiger partial charge is 0.328 e. The zero-order valence-corrected chi connectivity index (χ0v) is 21.2. The Morgan fingerprint density at radius 2 is 0.700 bits per heavy atom. The van der Waals surface area contributed by atoms with Crippen molar-refractivity contribution in [2.75, 3.05) is 53.4 Å². The molecule has 30 heavy (non-hydrogen) atoms. The lowest BCUT2D eigenvalue weighted by molar-refractivity contribution is -0.909. The van der Waals surface area contributed by atoms with E-state index in [1.165, 1.54) is 86.8 Å². The molecule has 0 atom stereocenters. The van der Waals surface area contributed by atoms with Crippen molar-refractivity contribution in [3.63, 3.8) is 0 Å². The largest absolute Gasteiger partial charge is 0.478 e. The molecule has 180 valence electrons. The van der Waals surface area contributed by atoms with Crippen LogP contribution in [-0.2, 0) is 9.59 Å². The first-order chi connectivity index (χ1) is 14.0. The molecule has 0 amide bonds. The fraction of sp³-hybridized carbons (Fsp3) is 0.833. The van der Waals surface area contributed by atoms with Crippen LogP contribution < -0.4 is 0 Å². The summed E-state index contributed by atoms with van der Waals surface area (Å²) in [6, 6.07) is 0. The monoisotopic (exact) mass is 432 g/mol. The Labute approximate surface area is 186 Å². The first kappa shape index (κ1) is 33.2. The van der Waals surface area contributed by atoms with Gasteiger partial charge in [-0.15, -0.1) is 0 Å². The van der Waals surface area contributed by atoms with Gasteiger partial charge in [-0.05, 0) is 38.5 Å². The number of carboxylic acids is 2. The highest BCUT2D eigenvalue weighted by Gasteiger charge is 2.17. The number of quaternary nitrogens is 2. The first-order valence-corrected chi connectivity index (χ1v) is 11.8. The second-order valence-corrected chi connectivity index (χ2v) is 8.59. The van der Waals surface area contributed by atoms with E-state index in [4.69, 9.17) is 10.2 Å². The van der Waals surface area contributed by atoms with E-state index in [9.17, 15) is 9.59 Å². The molecular formula is C24H52N2O4+2. The van der Waals surface area contributed by atoms with Gasteiger partial charge in [0.25, 0.3) is 0 Å².